The summed E-state index contributed by atoms with van der Waals surface area (Å²) in [6, 6.07) is 7.79. The molecule has 0 unspecified atom stereocenters. The van der Waals surface area contributed by atoms with Gasteiger partial charge in [0.05, 0.1) is 6.54 Å². The summed E-state index contributed by atoms with van der Waals surface area (Å²) in [5, 5.41) is 13.7. The molecule has 1 heterocycles. The van der Waals surface area contributed by atoms with Gasteiger partial charge in [-0.2, -0.15) is 0 Å². The van der Waals surface area contributed by atoms with Crippen LogP contribution in [0.1, 0.15) is 5.56 Å². The normalized spacial score (nSPS) is 11.8. The monoisotopic (exact) mass is 274 g/mol. The number of ether oxygens (including phenoxy) is 1. The smallest absolute Gasteiger partial charge is 0.346 e. The Bertz CT molecular complexity index is 642. The van der Waals surface area contributed by atoms with Crippen molar-refractivity contribution in [3.8, 4) is 0 Å². The van der Waals surface area contributed by atoms with Crippen molar-refractivity contribution in [3.05, 3.63) is 36.0 Å². The minimum atomic E-state index is -1.24. The van der Waals surface area contributed by atoms with Gasteiger partial charge in [0.1, 0.15) is 5.82 Å². The Morgan fingerprint density at radius 2 is 2.30 bits per heavy atom. The molecule has 0 fully saturated rings. The maximum Gasteiger partial charge on any atom is 0.346 e. The molecule has 20 heavy (non-hydrogen) atoms. The Morgan fingerprint density at radius 3 is 3.00 bits per heavy atom. The number of aromatic nitrogens is 1. The Labute approximate surface area is 115 Å². The number of pyridine rings is 1. The molecule has 0 radical (unpaired) electrons. The van der Waals surface area contributed by atoms with Crippen molar-refractivity contribution in [2.45, 2.75) is 13.0 Å². The summed E-state index contributed by atoms with van der Waals surface area (Å²) in [4.78, 5) is 25.3. The van der Waals surface area contributed by atoms with E-state index in [1.54, 1.807) is 6.20 Å². The molecular weight excluding hydrogens is 260 g/mol. The van der Waals surface area contributed by atoms with Gasteiger partial charge in [0.25, 0.3) is 6.47 Å². The highest BCUT2D eigenvalue weighted by molar-refractivity contribution is 5.92. The molecule has 0 aliphatic rings. The molecule has 1 aromatic carbocycles. The molecule has 6 heteroatoms. The number of aliphatic carboxylic acids is 1. The van der Waals surface area contributed by atoms with Gasteiger partial charge in [0.2, 0.25) is 6.10 Å². The summed E-state index contributed by atoms with van der Waals surface area (Å²) in [5.74, 6) is -0.645. The first-order chi connectivity index (χ1) is 9.61. The van der Waals surface area contributed by atoms with Crippen LogP contribution in [0.3, 0.4) is 0 Å². The minimum absolute atomic E-state index is 0.0475. The summed E-state index contributed by atoms with van der Waals surface area (Å²) in [5.41, 5.74) is 1.08. The number of aryl methyl sites for hydroxylation is 1. The molecule has 0 amide bonds. The van der Waals surface area contributed by atoms with Crippen LogP contribution >= 0.6 is 0 Å². The average molecular weight is 274 g/mol. The highest BCUT2D eigenvalue weighted by Crippen LogP contribution is 2.22. The molecule has 1 aromatic heterocycles. The molecule has 2 rings (SSSR count). The summed E-state index contributed by atoms with van der Waals surface area (Å²) >= 11 is 0. The number of hydrogen-bond donors (Lipinski definition) is 2. The van der Waals surface area contributed by atoms with Gasteiger partial charge in [-0.25, -0.2) is 9.78 Å². The molecule has 0 saturated heterocycles. The number of fused-ring (bicyclic) bond motifs is 1. The second-order valence-electron chi connectivity index (χ2n) is 4.32. The molecule has 6 nitrogen and oxygen atoms in total. The molecule has 1 atom stereocenters. The topological polar surface area (TPSA) is 88.5 Å². The lowest BCUT2D eigenvalue weighted by Gasteiger charge is -2.13. The summed E-state index contributed by atoms with van der Waals surface area (Å²) in [7, 11) is 0. The lowest BCUT2D eigenvalue weighted by atomic mass is 10.1. The van der Waals surface area contributed by atoms with Crippen molar-refractivity contribution in [2.75, 3.05) is 11.9 Å². The van der Waals surface area contributed by atoms with E-state index >= 15 is 0 Å². The Hall–Kier alpha value is -2.63. The highest BCUT2D eigenvalue weighted by Gasteiger charge is 2.18. The van der Waals surface area contributed by atoms with Crippen LogP contribution in [0.15, 0.2) is 30.5 Å². The fourth-order valence-electron chi connectivity index (χ4n) is 1.87. The number of carboxylic acids is 1. The molecular formula is C14H14N2O4. The van der Waals surface area contributed by atoms with E-state index in [2.05, 4.69) is 15.0 Å². The number of anilines is 1. The first-order valence-corrected chi connectivity index (χ1v) is 6.03. The van der Waals surface area contributed by atoms with E-state index in [0.29, 0.717) is 5.82 Å². The second-order valence-corrected chi connectivity index (χ2v) is 4.32. The fourth-order valence-corrected chi connectivity index (χ4v) is 1.87. The van der Waals surface area contributed by atoms with Crippen LogP contribution in [0.5, 0.6) is 0 Å². The van der Waals surface area contributed by atoms with E-state index in [0.717, 1.165) is 16.3 Å². The first kappa shape index (κ1) is 13.8. The zero-order valence-corrected chi connectivity index (χ0v) is 10.9. The zero-order chi connectivity index (χ0) is 14.5. The van der Waals surface area contributed by atoms with Gasteiger partial charge in [-0.15, -0.1) is 0 Å². The number of hydrogen-bond acceptors (Lipinski definition) is 5. The highest BCUT2D eigenvalue weighted by atomic mass is 16.5. The SMILES string of the molecule is Cc1ccc2ccnc(NC[C@@H](OC=O)C(=O)O)c2c1. The van der Waals surface area contributed by atoms with Crippen molar-refractivity contribution in [2.24, 2.45) is 0 Å². The lowest BCUT2D eigenvalue weighted by Crippen LogP contribution is -2.31. The van der Waals surface area contributed by atoms with E-state index in [1.165, 1.54) is 0 Å². The third-order valence-corrected chi connectivity index (χ3v) is 2.87. The lowest BCUT2D eigenvalue weighted by molar-refractivity contribution is -0.155. The standard InChI is InChI=1S/C14H14N2O4/c1-9-2-3-10-4-5-15-13(11(10)6-9)16-7-12(14(18)19)20-8-17/h2-6,8,12H,7H2,1H3,(H,15,16)(H,18,19)/t12-/m1/s1. The largest absolute Gasteiger partial charge is 0.478 e. The molecule has 2 N–H and O–H groups in total. The quantitative estimate of drug-likeness (QED) is 0.777. The van der Waals surface area contributed by atoms with Gasteiger partial charge in [-0.1, -0.05) is 17.7 Å². The van der Waals surface area contributed by atoms with Gasteiger partial charge in [-0.3, -0.25) is 4.79 Å². The Kier molecular flexibility index (Phi) is 4.14. The fraction of sp³-hybridized carbons (Fsp3) is 0.214. The number of carbonyl (C=O) groups excluding carboxylic acids is 1. The third kappa shape index (κ3) is 3.03. The van der Waals surface area contributed by atoms with Crippen molar-refractivity contribution in [3.63, 3.8) is 0 Å². The van der Waals surface area contributed by atoms with Gasteiger partial charge in [-0.05, 0) is 24.4 Å². The van der Waals surface area contributed by atoms with Crippen molar-refractivity contribution >= 4 is 29.0 Å². The van der Waals surface area contributed by atoms with Crippen LogP contribution in [0.25, 0.3) is 10.8 Å². The summed E-state index contributed by atoms with van der Waals surface area (Å²) < 4.78 is 4.49. The molecule has 0 saturated carbocycles. The zero-order valence-electron chi connectivity index (χ0n) is 10.9. The van der Waals surface area contributed by atoms with E-state index in [-0.39, 0.29) is 13.0 Å². The van der Waals surface area contributed by atoms with Crippen molar-refractivity contribution < 1.29 is 19.4 Å². The Balaban J connectivity index is 2.23. The van der Waals surface area contributed by atoms with Gasteiger partial charge in [0, 0.05) is 11.6 Å². The molecule has 2 aromatic rings. The van der Waals surface area contributed by atoms with Crippen LogP contribution in [-0.4, -0.2) is 35.2 Å². The predicted molar refractivity (Wildman–Crippen MR) is 73.5 cm³/mol. The van der Waals surface area contributed by atoms with E-state index < -0.39 is 12.1 Å². The molecule has 104 valence electrons. The number of carboxylic acid groups (broad SMARTS) is 1. The van der Waals surface area contributed by atoms with Crippen LogP contribution in [0.4, 0.5) is 5.82 Å². The molecule has 0 aliphatic heterocycles. The molecule has 0 bridgehead atoms. The maximum atomic E-state index is 10.9. The predicted octanol–water partition coefficient (Wildman–Crippen LogP) is 1.58. The van der Waals surface area contributed by atoms with Crippen LogP contribution < -0.4 is 5.32 Å². The average Bonchev–Trinajstić information content (AvgIpc) is 2.43. The second kappa shape index (κ2) is 6.01. The number of carbonyl (C=O) groups is 2. The number of nitrogens with one attached hydrogen (secondary N) is 1. The van der Waals surface area contributed by atoms with Crippen LogP contribution in [0.2, 0.25) is 0 Å². The van der Waals surface area contributed by atoms with E-state index in [1.807, 2.05) is 31.2 Å². The van der Waals surface area contributed by atoms with E-state index in [9.17, 15) is 9.59 Å². The van der Waals surface area contributed by atoms with Gasteiger partial charge >= 0.3 is 5.97 Å². The van der Waals surface area contributed by atoms with Gasteiger partial charge < -0.3 is 15.2 Å². The minimum Gasteiger partial charge on any atom is -0.478 e. The maximum absolute atomic E-state index is 10.9. The third-order valence-electron chi connectivity index (χ3n) is 2.87. The summed E-state index contributed by atoms with van der Waals surface area (Å²) in [6.45, 7) is 2.04. The first-order valence-electron chi connectivity index (χ1n) is 6.03. The van der Waals surface area contributed by atoms with Crippen LogP contribution in [-0.2, 0) is 14.3 Å². The number of benzene rings is 1. The molecule has 0 spiro atoms. The number of rotatable bonds is 6. The van der Waals surface area contributed by atoms with E-state index in [4.69, 9.17) is 5.11 Å². The van der Waals surface area contributed by atoms with Crippen LogP contribution in [0, 0.1) is 6.92 Å². The number of nitrogens with zero attached hydrogens (tertiary/aromatic N) is 1. The van der Waals surface area contributed by atoms with Crippen molar-refractivity contribution in [1.82, 2.24) is 4.98 Å². The van der Waals surface area contributed by atoms with Crippen molar-refractivity contribution in [1.29, 1.82) is 0 Å². The Morgan fingerprint density at radius 1 is 1.50 bits per heavy atom. The summed E-state index contributed by atoms with van der Waals surface area (Å²) in [6.07, 6.45) is 0.394. The molecule has 0 aliphatic carbocycles. The van der Waals surface area contributed by atoms with Gasteiger partial charge in [0.15, 0.2) is 0 Å².